The fraction of sp³-hybridized carbons (Fsp3) is 0.150. The predicted molar refractivity (Wildman–Crippen MR) is 188 cm³/mol. The first-order chi connectivity index (χ1) is 22.3. The van der Waals surface area contributed by atoms with E-state index in [9.17, 15) is 0 Å². The number of aromatic nitrogens is 3. The van der Waals surface area contributed by atoms with Crippen molar-refractivity contribution >= 4 is 23.0 Å². The standard InChI is InChI=1S/C40H34N6/c1-39(2)40(3,4)46-34-26-30(37-42-35(28-18-10-6-11-19-28)41-36(43-37)29-20-12-7-13-21-29)24-25-33(34)45(38(46)44-39)32-23-15-14-22-31(32)27-16-8-5-9-17-27/h5-26H,1-4H3. The van der Waals surface area contributed by atoms with Gasteiger partial charge in [-0.25, -0.2) is 19.9 Å². The van der Waals surface area contributed by atoms with Crippen molar-refractivity contribution in [3.8, 4) is 45.3 Å². The van der Waals surface area contributed by atoms with Gasteiger partial charge in [-0.1, -0.05) is 109 Å². The number of anilines is 3. The SMILES string of the molecule is CC1(C)N=C2N(c3ccccc3-c3ccccc3)c3ccc(-c4nc(-c5ccccc5)nc(-c5ccccc5)n4)cc3N2C1(C)C. The molecule has 1 aromatic heterocycles. The molecule has 0 saturated heterocycles. The van der Waals surface area contributed by atoms with Gasteiger partial charge in [0.25, 0.3) is 0 Å². The molecule has 2 aliphatic rings. The number of benzene rings is 5. The zero-order valence-corrected chi connectivity index (χ0v) is 26.4. The Morgan fingerprint density at radius 3 is 1.54 bits per heavy atom. The van der Waals surface area contributed by atoms with Gasteiger partial charge in [0.05, 0.1) is 28.1 Å². The summed E-state index contributed by atoms with van der Waals surface area (Å²) in [6, 6.07) is 45.9. The molecule has 0 atom stereocenters. The van der Waals surface area contributed by atoms with Crippen LogP contribution in [0.5, 0.6) is 0 Å². The number of guanidine groups is 1. The van der Waals surface area contributed by atoms with Crippen LogP contribution in [-0.4, -0.2) is 32.0 Å². The maximum atomic E-state index is 5.38. The Bertz CT molecular complexity index is 2050. The van der Waals surface area contributed by atoms with Gasteiger partial charge in [-0.3, -0.25) is 4.90 Å². The molecule has 8 rings (SSSR count). The van der Waals surface area contributed by atoms with E-state index < -0.39 is 0 Å². The van der Waals surface area contributed by atoms with Crippen molar-refractivity contribution in [1.82, 2.24) is 15.0 Å². The number of rotatable bonds is 5. The Kier molecular flexibility index (Phi) is 6.36. The van der Waals surface area contributed by atoms with Crippen LogP contribution in [0, 0.1) is 0 Å². The summed E-state index contributed by atoms with van der Waals surface area (Å²) in [7, 11) is 0. The van der Waals surface area contributed by atoms with Gasteiger partial charge in [-0.15, -0.1) is 0 Å². The van der Waals surface area contributed by atoms with Gasteiger partial charge in [-0.2, -0.15) is 0 Å². The monoisotopic (exact) mass is 598 g/mol. The Morgan fingerprint density at radius 2 is 0.957 bits per heavy atom. The predicted octanol–water partition coefficient (Wildman–Crippen LogP) is 9.42. The highest BCUT2D eigenvalue weighted by atomic mass is 15.5. The molecule has 224 valence electrons. The molecule has 6 aromatic rings. The second-order valence-corrected chi connectivity index (χ2v) is 12.8. The molecule has 6 nitrogen and oxygen atoms in total. The van der Waals surface area contributed by atoms with E-state index >= 15 is 0 Å². The highest BCUT2D eigenvalue weighted by Crippen LogP contribution is 2.54. The van der Waals surface area contributed by atoms with E-state index in [2.05, 4.69) is 110 Å². The number of hydrogen-bond acceptors (Lipinski definition) is 6. The fourth-order valence-electron chi connectivity index (χ4n) is 6.36. The summed E-state index contributed by atoms with van der Waals surface area (Å²) in [6.45, 7) is 8.98. The van der Waals surface area contributed by atoms with Crippen LogP contribution < -0.4 is 9.80 Å². The van der Waals surface area contributed by atoms with Gasteiger partial charge in [0.15, 0.2) is 17.5 Å². The average Bonchev–Trinajstić information content (AvgIpc) is 3.51. The number of hydrogen-bond donors (Lipinski definition) is 0. The van der Waals surface area contributed by atoms with Crippen molar-refractivity contribution in [2.75, 3.05) is 9.80 Å². The van der Waals surface area contributed by atoms with Crippen molar-refractivity contribution in [2.45, 2.75) is 38.8 Å². The lowest BCUT2D eigenvalue weighted by atomic mass is 9.83. The lowest BCUT2D eigenvalue weighted by molar-refractivity contribution is 0.338. The second-order valence-electron chi connectivity index (χ2n) is 12.8. The van der Waals surface area contributed by atoms with Crippen molar-refractivity contribution < 1.29 is 0 Å². The Labute approximate surface area is 269 Å². The molecule has 46 heavy (non-hydrogen) atoms. The van der Waals surface area contributed by atoms with E-state index in [4.69, 9.17) is 19.9 Å². The van der Waals surface area contributed by atoms with Crippen LogP contribution in [0.25, 0.3) is 45.3 Å². The zero-order valence-electron chi connectivity index (χ0n) is 26.4. The minimum Gasteiger partial charge on any atom is -0.302 e. The minimum absolute atomic E-state index is 0.296. The third kappa shape index (κ3) is 4.40. The minimum atomic E-state index is -0.329. The van der Waals surface area contributed by atoms with Crippen LogP contribution in [0.4, 0.5) is 17.1 Å². The average molecular weight is 599 g/mol. The lowest BCUT2D eigenvalue weighted by Gasteiger charge is -2.39. The van der Waals surface area contributed by atoms with Crippen molar-refractivity contribution in [3.63, 3.8) is 0 Å². The Hall–Kier alpha value is -5.62. The zero-order chi connectivity index (χ0) is 31.5. The third-order valence-electron chi connectivity index (χ3n) is 9.48. The molecule has 2 aliphatic heterocycles. The summed E-state index contributed by atoms with van der Waals surface area (Å²) < 4.78 is 0. The second kappa shape index (κ2) is 10.5. The van der Waals surface area contributed by atoms with E-state index in [0.29, 0.717) is 17.5 Å². The van der Waals surface area contributed by atoms with Gasteiger partial charge in [0, 0.05) is 22.3 Å². The molecular weight excluding hydrogens is 564 g/mol. The molecule has 0 saturated carbocycles. The summed E-state index contributed by atoms with van der Waals surface area (Å²) >= 11 is 0. The van der Waals surface area contributed by atoms with Crippen molar-refractivity contribution in [1.29, 1.82) is 0 Å². The summed E-state index contributed by atoms with van der Waals surface area (Å²) in [5, 5.41) is 0. The molecule has 0 N–H and O–H groups in total. The van der Waals surface area contributed by atoms with Gasteiger partial charge < -0.3 is 4.90 Å². The molecule has 0 unspecified atom stereocenters. The molecule has 3 heterocycles. The molecule has 0 spiro atoms. The summed E-state index contributed by atoms with van der Waals surface area (Å²) in [6.07, 6.45) is 0. The summed E-state index contributed by atoms with van der Waals surface area (Å²) in [5.74, 6) is 2.85. The first kappa shape index (κ1) is 27.9. The molecule has 0 amide bonds. The topological polar surface area (TPSA) is 57.5 Å². The van der Waals surface area contributed by atoms with E-state index in [1.807, 2.05) is 60.7 Å². The molecule has 0 aliphatic carbocycles. The van der Waals surface area contributed by atoms with E-state index in [1.165, 1.54) is 5.56 Å². The lowest BCUT2D eigenvalue weighted by Crippen LogP contribution is -2.53. The van der Waals surface area contributed by atoms with Crippen LogP contribution >= 0.6 is 0 Å². The van der Waals surface area contributed by atoms with Crippen molar-refractivity contribution in [3.05, 3.63) is 133 Å². The number of nitrogens with zero attached hydrogens (tertiary/aromatic N) is 6. The van der Waals surface area contributed by atoms with E-state index in [1.54, 1.807) is 0 Å². The molecule has 0 bridgehead atoms. The van der Waals surface area contributed by atoms with Crippen molar-refractivity contribution in [2.24, 2.45) is 4.99 Å². The summed E-state index contributed by atoms with van der Waals surface area (Å²) in [4.78, 5) is 25.0. The highest BCUT2D eigenvalue weighted by molar-refractivity contribution is 6.23. The van der Waals surface area contributed by atoms with Gasteiger partial charge >= 0.3 is 0 Å². The first-order valence-corrected chi connectivity index (χ1v) is 15.7. The Morgan fingerprint density at radius 1 is 0.457 bits per heavy atom. The van der Waals surface area contributed by atoms with Crippen LogP contribution in [0.15, 0.2) is 138 Å². The first-order valence-electron chi connectivity index (χ1n) is 15.7. The van der Waals surface area contributed by atoms with Crippen LogP contribution in [-0.2, 0) is 0 Å². The third-order valence-corrected chi connectivity index (χ3v) is 9.48. The van der Waals surface area contributed by atoms with E-state index in [0.717, 1.165) is 45.3 Å². The van der Waals surface area contributed by atoms with E-state index in [-0.39, 0.29) is 11.1 Å². The van der Waals surface area contributed by atoms with Crippen LogP contribution in [0.3, 0.4) is 0 Å². The largest absolute Gasteiger partial charge is 0.302 e. The van der Waals surface area contributed by atoms with Gasteiger partial charge in [0.1, 0.15) is 0 Å². The van der Waals surface area contributed by atoms with Crippen LogP contribution in [0.2, 0.25) is 0 Å². The smallest absolute Gasteiger partial charge is 0.211 e. The normalized spacial score (nSPS) is 15.8. The van der Waals surface area contributed by atoms with Gasteiger partial charge in [-0.05, 0) is 57.5 Å². The highest BCUT2D eigenvalue weighted by Gasteiger charge is 2.55. The Balaban J connectivity index is 1.32. The number of aliphatic imine (C=N–C) groups is 1. The molecular formula is C40H34N6. The number of fused-ring (bicyclic) bond motifs is 3. The molecule has 6 heteroatoms. The maximum absolute atomic E-state index is 5.38. The van der Waals surface area contributed by atoms with Gasteiger partial charge in [0.2, 0.25) is 5.96 Å². The molecule has 5 aromatic carbocycles. The fourth-order valence-corrected chi connectivity index (χ4v) is 6.36. The quantitative estimate of drug-likeness (QED) is 0.198. The summed E-state index contributed by atoms with van der Waals surface area (Å²) in [5.41, 5.74) is 7.77. The number of para-hydroxylation sites is 1. The molecule has 0 radical (unpaired) electrons. The maximum Gasteiger partial charge on any atom is 0.211 e. The van der Waals surface area contributed by atoms with Crippen LogP contribution in [0.1, 0.15) is 27.7 Å². The molecule has 0 fully saturated rings.